The highest BCUT2D eigenvalue weighted by atomic mass is 35.5. The van der Waals surface area contributed by atoms with E-state index < -0.39 is 12.0 Å². The number of thioether (sulfide) groups is 1. The van der Waals surface area contributed by atoms with Gasteiger partial charge < -0.3 is 9.64 Å². The van der Waals surface area contributed by atoms with Crippen LogP contribution in [0, 0.1) is 0 Å². The van der Waals surface area contributed by atoms with Crippen molar-refractivity contribution in [1.29, 1.82) is 0 Å². The topological polar surface area (TPSA) is 46.6 Å². The number of carbonyl (C=O) groups excluding carboxylic acids is 2. The van der Waals surface area contributed by atoms with Crippen LogP contribution in [-0.4, -0.2) is 35.7 Å². The molecule has 2 atom stereocenters. The second kappa shape index (κ2) is 7.35. The number of nitrogens with zero attached hydrogens (tertiary/aromatic N) is 1. The highest BCUT2D eigenvalue weighted by Crippen LogP contribution is 2.44. The number of carbonyl (C=O) groups is 2. The van der Waals surface area contributed by atoms with Gasteiger partial charge in [0.1, 0.15) is 11.4 Å². The SMILES string of the molecule is COC(=O)C1CSC(c2ccc(Cl)c(Cl)c2)N1C(=O)c1cccs1. The standard InChI is InChI=1S/C16H13Cl2NO3S2/c1-22-16(21)12-8-24-15(9-4-5-10(17)11(18)7-9)19(12)14(20)13-3-2-6-23-13/h2-7,12,15H,8H2,1H3. The Hall–Kier alpha value is -1.21. The third-order valence-electron chi connectivity index (χ3n) is 3.67. The van der Waals surface area contributed by atoms with Crippen LogP contribution in [0.4, 0.5) is 0 Å². The van der Waals surface area contributed by atoms with Crippen LogP contribution in [0.15, 0.2) is 35.7 Å². The summed E-state index contributed by atoms with van der Waals surface area (Å²) in [5.74, 6) is -0.147. The molecule has 0 N–H and O–H groups in total. The van der Waals surface area contributed by atoms with Crippen LogP contribution in [0.25, 0.3) is 0 Å². The maximum Gasteiger partial charge on any atom is 0.329 e. The maximum absolute atomic E-state index is 12.9. The molecule has 2 heterocycles. The predicted octanol–water partition coefficient (Wildman–Crippen LogP) is 4.48. The Morgan fingerprint density at radius 1 is 1.25 bits per heavy atom. The van der Waals surface area contributed by atoms with Gasteiger partial charge in [-0.25, -0.2) is 4.79 Å². The molecule has 0 spiro atoms. The van der Waals surface area contributed by atoms with E-state index in [-0.39, 0.29) is 11.3 Å². The van der Waals surface area contributed by atoms with Crippen LogP contribution in [0.2, 0.25) is 10.0 Å². The molecule has 1 aliphatic rings. The first-order chi connectivity index (χ1) is 11.5. The van der Waals surface area contributed by atoms with Gasteiger partial charge >= 0.3 is 5.97 Å². The molecule has 1 aromatic carbocycles. The second-order valence-corrected chi connectivity index (χ2v) is 7.96. The van der Waals surface area contributed by atoms with Crippen LogP contribution in [-0.2, 0) is 9.53 Å². The molecule has 2 aromatic rings. The van der Waals surface area contributed by atoms with Gasteiger partial charge in [-0.15, -0.1) is 23.1 Å². The Morgan fingerprint density at radius 3 is 2.67 bits per heavy atom. The minimum Gasteiger partial charge on any atom is -0.467 e. The van der Waals surface area contributed by atoms with Crippen molar-refractivity contribution in [3.05, 3.63) is 56.2 Å². The zero-order chi connectivity index (χ0) is 17.3. The Bertz CT molecular complexity index is 767. The van der Waals surface area contributed by atoms with Crippen LogP contribution >= 0.6 is 46.3 Å². The van der Waals surface area contributed by atoms with Gasteiger partial charge in [0.25, 0.3) is 5.91 Å². The third-order valence-corrected chi connectivity index (χ3v) is 6.59. The second-order valence-electron chi connectivity index (χ2n) is 5.09. The van der Waals surface area contributed by atoms with Crippen LogP contribution < -0.4 is 0 Å². The fourth-order valence-corrected chi connectivity index (χ4v) is 4.90. The molecule has 0 aliphatic carbocycles. The van der Waals surface area contributed by atoms with Crippen LogP contribution in [0.1, 0.15) is 20.6 Å². The van der Waals surface area contributed by atoms with Gasteiger partial charge in [-0.2, -0.15) is 0 Å². The summed E-state index contributed by atoms with van der Waals surface area (Å²) in [7, 11) is 1.33. The summed E-state index contributed by atoms with van der Waals surface area (Å²) >= 11 is 14.9. The minimum absolute atomic E-state index is 0.193. The molecule has 1 amide bonds. The molecule has 1 saturated heterocycles. The van der Waals surface area contributed by atoms with Crippen molar-refractivity contribution in [2.24, 2.45) is 0 Å². The summed E-state index contributed by atoms with van der Waals surface area (Å²) in [6.45, 7) is 0. The zero-order valence-corrected chi connectivity index (χ0v) is 15.7. The van der Waals surface area contributed by atoms with Crippen molar-refractivity contribution >= 4 is 58.2 Å². The first-order valence-electron chi connectivity index (χ1n) is 7.03. The Labute approximate surface area is 157 Å². The van der Waals surface area contributed by atoms with Crippen molar-refractivity contribution in [2.45, 2.75) is 11.4 Å². The lowest BCUT2D eigenvalue weighted by atomic mass is 10.1. The van der Waals surface area contributed by atoms with Gasteiger partial charge in [0.15, 0.2) is 0 Å². The van der Waals surface area contributed by atoms with E-state index >= 15 is 0 Å². The number of ether oxygens (including phenoxy) is 1. The molecule has 8 heteroatoms. The minimum atomic E-state index is -0.631. The van der Waals surface area contributed by atoms with E-state index in [1.165, 1.54) is 30.2 Å². The quantitative estimate of drug-likeness (QED) is 0.710. The average molecular weight is 402 g/mol. The molecule has 0 radical (unpaired) electrons. The molecule has 126 valence electrons. The van der Waals surface area contributed by atoms with Crippen molar-refractivity contribution in [2.75, 3.05) is 12.9 Å². The maximum atomic E-state index is 12.9. The lowest BCUT2D eigenvalue weighted by Gasteiger charge is -2.28. The fraction of sp³-hybridized carbons (Fsp3) is 0.250. The lowest BCUT2D eigenvalue weighted by molar-refractivity contribution is -0.145. The molecule has 3 rings (SSSR count). The zero-order valence-electron chi connectivity index (χ0n) is 12.6. The van der Waals surface area contributed by atoms with Crippen LogP contribution in [0.5, 0.6) is 0 Å². The number of benzene rings is 1. The number of thiophene rings is 1. The van der Waals surface area contributed by atoms with Gasteiger partial charge in [-0.1, -0.05) is 35.3 Å². The summed E-state index contributed by atoms with van der Waals surface area (Å²) in [4.78, 5) is 27.2. The van der Waals surface area contributed by atoms with Crippen molar-refractivity contribution in [3.63, 3.8) is 0 Å². The number of hydrogen-bond donors (Lipinski definition) is 0. The first-order valence-corrected chi connectivity index (χ1v) is 9.72. The van der Waals surface area contributed by atoms with Gasteiger partial charge in [0.05, 0.1) is 22.0 Å². The summed E-state index contributed by atoms with van der Waals surface area (Å²) in [5, 5.41) is 2.37. The smallest absolute Gasteiger partial charge is 0.329 e. The fourth-order valence-electron chi connectivity index (χ4n) is 2.52. The Balaban J connectivity index is 1.99. The van der Waals surface area contributed by atoms with E-state index in [4.69, 9.17) is 27.9 Å². The van der Waals surface area contributed by atoms with E-state index in [1.54, 1.807) is 23.1 Å². The summed E-state index contributed by atoms with van der Waals surface area (Å²) < 4.78 is 4.87. The van der Waals surface area contributed by atoms with Gasteiger partial charge in [0, 0.05) is 5.75 Å². The molecular formula is C16H13Cl2NO3S2. The number of rotatable bonds is 3. The number of halogens is 2. The summed E-state index contributed by atoms with van der Waals surface area (Å²) in [5.41, 5.74) is 0.825. The lowest BCUT2D eigenvalue weighted by Crippen LogP contribution is -2.43. The number of amides is 1. The normalized spacial score (nSPS) is 20.2. The molecular weight excluding hydrogens is 389 g/mol. The summed E-state index contributed by atoms with van der Waals surface area (Å²) in [6, 6.07) is 8.17. The first kappa shape index (κ1) is 17.6. The number of esters is 1. The number of hydrogen-bond acceptors (Lipinski definition) is 5. The molecule has 1 aliphatic heterocycles. The molecule has 2 unspecified atom stereocenters. The Morgan fingerprint density at radius 2 is 2.04 bits per heavy atom. The van der Waals surface area contributed by atoms with E-state index in [1.807, 2.05) is 17.5 Å². The van der Waals surface area contributed by atoms with E-state index in [2.05, 4.69) is 0 Å². The van der Waals surface area contributed by atoms with Crippen molar-refractivity contribution < 1.29 is 14.3 Å². The third kappa shape index (κ3) is 3.28. The van der Waals surface area contributed by atoms with E-state index in [0.717, 1.165) is 5.56 Å². The van der Waals surface area contributed by atoms with Crippen molar-refractivity contribution in [3.8, 4) is 0 Å². The molecule has 4 nitrogen and oxygen atoms in total. The monoisotopic (exact) mass is 401 g/mol. The van der Waals surface area contributed by atoms with E-state index in [9.17, 15) is 9.59 Å². The van der Waals surface area contributed by atoms with E-state index in [0.29, 0.717) is 20.7 Å². The van der Waals surface area contributed by atoms with Gasteiger partial charge in [-0.3, -0.25) is 4.79 Å². The molecule has 24 heavy (non-hydrogen) atoms. The molecule has 1 fully saturated rings. The van der Waals surface area contributed by atoms with Crippen LogP contribution in [0.3, 0.4) is 0 Å². The average Bonchev–Trinajstić information content (AvgIpc) is 3.25. The van der Waals surface area contributed by atoms with Gasteiger partial charge in [-0.05, 0) is 29.1 Å². The molecule has 0 bridgehead atoms. The summed E-state index contributed by atoms with van der Waals surface area (Å²) in [6.07, 6.45) is 0. The predicted molar refractivity (Wildman–Crippen MR) is 98.0 cm³/mol. The van der Waals surface area contributed by atoms with Gasteiger partial charge in [0.2, 0.25) is 0 Å². The highest BCUT2D eigenvalue weighted by Gasteiger charge is 2.43. The molecule has 0 saturated carbocycles. The van der Waals surface area contributed by atoms with Crippen molar-refractivity contribution in [1.82, 2.24) is 4.90 Å². The Kier molecular flexibility index (Phi) is 5.39. The highest BCUT2D eigenvalue weighted by molar-refractivity contribution is 7.99. The number of methoxy groups -OCH3 is 1. The molecule has 1 aromatic heterocycles. The largest absolute Gasteiger partial charge is 0.467 e.